The van der Waals surface area contributed by atoms with Gasteiger partial charge in [-0.2, -0.15) is 8.42 Å². The molecule has 23 heavy (non-hydrogen) atoms. The van der Waals surface area contributed by atoms with Crippen molar-refractivity contribution in [2.45, 2.75) is 40.0 Å². The first-order valence-electron chi connectivity index (χ1n) is 7.40. The highest BCUT2D eigenvalue weighted by molar-refractivity contribution is 7.86. The molecule has 0 aromatic heterocycles. The van der Waals surface area contributed by atoms with Crippen molar-refractivity contribution in [2.24, 2.45) is 10.5 Å². The van der Waals surface area contributed by atoms with Crippen molar-refractivity contribution >= 4 is 16.3 Å². The smallest absolute Gasteiger partial charge is 0.435 e. The molecule has 0 aliphatic rings. The van der Waals surface area contributed by atoms with E-state index in [1.54, 1.807) is 6.92 Å². The lowest BCUT2D eigenvalue weighted by Crippen LogP contribution is -2.24. The number of carbonyl (C=O) groups excluding carboxylic acids is 1. The van der Waals surface area contributed by atoms with Crippen LogP contribution in [0, 0.1) is 5.41 Å². The average Bonchev–Trinajstić information content (AvgIpc) is 2.47. The second kappa shape index (κ2) is 11.1. The van der Waals surface area contributed by atoms with Gasteiger partial charge < -0.3 is 9.47 Å². The molecule has 0 unspecified atom stereocenters. The first-order valence-corrected chi connectivity index (χ1v) is 8.97. The Bertz CT molecular complexity index is 500. The van der Waals surface area contributed by atoms with E-state index in [-0.39, 0.29) is 44.0 Å². The Hall–Kier alpha value is -1.51. The van der Waals surface area contributed by atoms with E-state index in [1.807, 2.05) is 13.8 Å². The van der Waals surface area contributed by atoms with Crippen LogP contribution in [0.15, 0.2) is 5.11 Å². The summed E-state index contributed by atoms with van der Waals surface area (Å²) in [6.45, 7) is 6.05. The highest BCUT2D eigenvalue weighted by Crippen LogP contribution is 2.23. The third kappa shape index (κ3) is 12.7. The van der Waals surface area contributed by atoms with E-state index in [4.69, 9.17) is 14.5 Å². The van der Waals surface area contributed by atoms with Crippen molar-refractivity contribution in [3.8, 4) is 0 Å². The minimum Gasteiger partial charge on any atom is -0.435 e. The van der Waals surface area contributed by atoms with Crippen molar-refractivity contribution in [1.29, 1.82) is 0 Å². The van der Waals surface area contributed by atoms with Gasteiger partial charge in [-0.15, -0.1) is 0 Å². The van der Waals surface area contributed by atoms with Crippen molar-refractivity contribution in [3.05, 3.63) is 10.4 Å². The first-order chi connectivity index (χ1) is 10.7. The second-order valence-corrected chi connectivity index (χ2v) is 7.39. The molecule has 0 rings (SSSR count). The lowest BCUT2D eigenvalue weighted by Gasteiger charge is -2.23. The average molecular weight is 351 g/mol. The fraction of sp³-hybridized carbons (Fsp3) is 0.923. The van der Waals surface area contributed by atoms with E-state index in [0.29, 0.717) is 12.8 Å². The van der Waals surface area contributed by atoms with Gasteiger partial charge in [0.15, 0.2) is 0 Å². The van der Waals surface area contributed by atoms with Gasteiger partial charge in [-0.1, -0.05) is 19.0 Å². The molecule has 0 bridgehead atoms. The number of ether oxygens (including phenoxy) is 2. The van der Waals surface area contributed by atoms with Crippen molar-refractivity contribution in [3.63, 3.8) is 0 Å². The molecule has 0 amide bonds. The Labute approximate surface area is 137 Å². The van der Waals surface area contributed by atoms with E-state index in [0.717, 1.165) is 0 Å². The predicted molar refractivity (Wildman–Crippen MR) is 84.4 cm³/mol. The van der Waals surface area contributed by atoms with Crippen LogP contribution in [0.5, 0.6) is 0 Å². The molecular formula is C13H25N3O6S. The maximum absolute atomic E-state index is 11.7. The van der Waals surface area contributed by atoms with E-state index in [2.05, 4.69) is 14.8 Å². The first kappa shape index (κ1) is 21.5. The highest BCUT2D eigenvalue weighted by atomic mass is 32.2. The molecule has 0 N–H and O–H groups in total. The molecule has 0 fully saturated rings. The molecule has 0 radical (unpaired) electrons. The number of nitrogens with zero attached hydrogens (tertiary/aromatic N) is 3. The fourth-order valence-electron chi connectivity index (χ4n) is 1.60. The van der Waals surface area contributed by atoms with Gasteiger partial charge >= 0.3 is 6.16 Å². The van der Waals surface area contributed by atoms with Gasteiger partial charge in [0.05, 0.1) is 25.6 Å². The van der Waals surface area contributed by atoms with Crippen LogP contribution in [0.4, 0.5) is 4.79 Å². The molecule has 0 aromatic rings. The van der Waals surface area contributed by atoms with Crippen LogP contribution in [0.25, 0.3) is 10.4 Å². The second-order valence-electron chi connectivity index (χ2n) is 5.63. The Morgan fingerprint density at radius 2 is 1.96 bits per heavy atom. The zero-order valence-electron chi connectivity index (χ0n) is 13.9. The van der Waals surface area contributed by atoms with Gasteiger partial charge in [-0.25, -0.2) is 4.79 Å². The maximum atomic E-state index is 11.7. The summed E-state index contributed by atoms with van der Waals surface area (Å²) in [5.74, 6) is -0.186. The lowest BCUT2D eigenvalue weighted by molar-refractivity contribution is 0.0543. The van der Waals surface area contributed by atoms with Gasteiger partial charge in [-0.05, 0) is 37.1 Å². The topological polar surface area (TPSA) is 128 Å². The Morgan fingerprint density at radius 1 is 1.26 bits per heavy atom. The third-order valence-electron chi connectivity index (χ3n) is 2.82. The fourth-order valence-corrected chi connectivity index (χ4v) is 2.70. The SMILES string of the molecule is CCOC(=O)OCCCC(C)(C)COS(=O)(=O)CCCN=[N+]=[N-]. The summed E-state index contributed by atoms with van der Waals surface area (Å²) < 4.78 is 37.8. The molecule has 0 atom stereocenters. The zero-order chi connectivity index (χ0) is 17.8. The van der Waals surface area contributed by atoms with Crippen LogP contribution in [0.3, 0.4) is 0 Å². The summed E-state index contributed by atoms with van der Waals surface area (Å²) in [5, 5.41) is 3.27. The van der Waals surface area contributed by atoms with E-state index >= 15 is 0 Å². The van der Waals surface area contributed by atoms with Crippen molar-refractivity contribution in [2.75, 3.05) is 32.1 Å². The van der Waals surface area contributed by atoms with Gasteiger partial charge in [0.25, 0.3) is 10.1 Å². The predicted octanol–water partition coefficient (Wildman–Crippen LogP) is 3.01. The summed E-state index contributed by atoms with van der Waals surface area (Å²) in [5.41, 5.74) is 7.73. The standard InChI is InChI=1S/C13H25N3O6S/c1-4-20-12(17)21-9-5-7-13(2,3)11-22-23(18,19)10-6-8-15-16-14/h4-11H2,1-3H3. The van der Waals surface area contributed by atoms with Gasteiger partial charge in [0, 0.05) is 11.5 Å². The van der Waals surface area contributed by atoms with Crippen LogP contribution in [-0.4, -0.2) is 46.7 Å². The normalized spacial score (nSPS) is 11.6. The van der Waals surface area contributed by atoms with Gasteiger partial charge in [-0.3, -0.25) is 4.18 Å². The number of carbonyl (C=O) groups is 1. The number of hydrogen-bond acceptors (Lipinski definition) is 7. The number of hydrogen-bond donors (Lipinski definition) is 0. The molecular weight excluding hydrogens is 326 g/mol. The van der Waals surface area contributed by atoms with Crippen LogP contribution in [0.1, 0.15) is 40.0 Å². The monoisotopic (exact) mass is 351 g/mol. The minimum absolute atomic E-state index is 0.0380. The quantitative estimate of drug-likeness (QED) is 0.133. The maximum Gasteiger partial charge on any atom is 0.508 e. The van der Waals surface area contributed by atoms with Crippen LogP contribution < -0.4 is 0 Å². The molecule has 0 saturated carbocycles. The Kier molecular flexibility index (Phi) is 10.4. The van der Waals surface area contributed by atoms with Crippen LogP contribution in [0.2, 0.25) is 0 Å². The summed E-state index contributed by atoms with van der Waals surface area (Å²) in [7, 11) is -3.64. The number of azide groups is 1. The molecule has 0 aromatic carbocycles. The molecule has 0 heterocycles. The Morgan fingerprint density at radius 3 is 2.57 bits per heavy atom. The van der Waals surface area contributed by atoms with Crippen molar-refractivity contribution in [1.82, 2.24) is 0 Å². The summed E-state index contributed by atoms with van der Waals surface area (Å²) in [6, 6.07) is 0. The molecule has 9 nitrogen and oxygen atoms in total. The third-order valence-corrected chi connectivity index (χ3v) is 4.09. The van der Waals surface area contributed by atoms with E-state index < -0.39 is 16.3 Å². The van der Waals surface area contributed by atoms with E-state index in [9.17, 15) is 13.2 Å². The molecule has 0 aliphatic heterocycles. The minimum atomic E-state index is -3.64. The Balaban J connectivity index is 4.01. The van der Waals surface area contributed by atoms with Crippen LogP contribution in [-0.2, 0) is 23.8 Å². The summed E-state index contributed by atoms with van der Waals surface area (Å²) >= 11 is 0. The molecule has 10 heteroatoms. The van der Waals surface area contributed by atoms with E-state index in [1.165, 1.54) is 0 Å². The largest absolute Gasteiger partial charge is 0.508 e. The van der Waals surface area contributed by atoms with Gasteiger partial charge in [0.1, 0.15) is 0 Å². The van der Waals surface area contributed by atoms with Crippen molar-refractivity contribution < 1.29 is 26.9 Å². The summed E-state index contributed by atoms with van der Waals surface area (Å²) in [6.07, 6.45) is 0.719. The lowest BCUT2D eigenvalue weighted by atomic mass is 9.89. The van der Waals surface area contributed by atoms with Gasteiger partial charge in [0.2, 0.25) is 0 Å². The molecule has 134 valence electrons. The molecule has 0 aliphatic carbocycles. The summed E-state index contributed by atoms with van der Waals surface area (Å²) in [4.78, 5) is 13.5. The molecule has 0 saturated heterocycles. The molecule has 0 spiro atoms. The highest BCUT2D eigenvalue weighted by Gasteiger charge is 2.22. The van der Waals surface area contributed by atoms with Crippen LogP contribution >= 0.6 is 0 Å². The number of rotatable bonds is 12. The zero-order valence-corrected chi connectivity index (χ0v) is 14.7.